The highest BCUT2D eigenvalue weighted by Crippen LogP contribution is 2.40. The fraction of sp³-hybridized carbons (Fsp3) is 0.231. The van der Waals surface area contributed by atoms with Gasteiger partial charge in [0.15, 0.2) is 0 Å². The van der Waals surface area contributed by atoms with Crippen LogP contribution in [0, 0.1) is 0 Å². The van der Waals surface area contributed by atoms with Crippen LogP contribution in [0.3, 0.4) is 0 Å². The third kappa shape index (κ3) is 3.73. The van der Waals surface area contributed by atoms with E-state index in [1.165, 1.54) is 6.92 Å². The molecule has 0 aromatic heterocycles. The lowest BCUT2D eigenvalue weighted by Crippen LogP contribution is -2.55. The molecule has 0 fully saturated rings. The Labute approximate surface area is 176 Å². The van der Waals surface area contributed by atoms with E-state index >= 15 is 0 Å². The number of carbonyl (C=O) groups is 2. The lowest BCUT2D eigenvalue weighted by molar-refractivity contribution is -0.152. The minimum absolute atomic E-state index is 0.234. The van der Waals surface area contributed by atoms with Gasteiger partial charge in [-0.25, -0.2) is 4.79 Å². The molecule has 0 bridgehead atoms. The minimum atomic E-state index is -1.05. The van der Waals surface area contributed by atoms with Crippen LogP contribution < -0.4 is 5.32 Å². The first-order valence-electron chi connectivity index (χ1n) is 10.2. The second-order valence-electron chi connectivity index (χ2n) is 7.74. The number of amides is 1. The quantitative estimate of drug-likeness (QED) is 0.640. The van der Waals surface area contributed by atoms with Crippen LogP contribution in [0.15, 0.2) is 72.8 Å². The molecule has 4 rings (SSSR count). The van der Waals surface area contributed by atoms with E-state index in [-0.39, 0.29) is 18.5 Å². The summed E-state index contributed by atoms with van der Waals surface area (Å²) in [4.78, 5) is 24.8. The van der Waals surface area contributed by atoms with E-state index in [0.717, 1.165) is 33.4 Å². The van der Waals surface area contributed by atoms with Crippen molar-refractivity contribution in [1.82, 2.24) is 5.32 Å². The molecule has 0 saturated carbocycles. The maximum absolute atomic E-state index is 12.8. The molecule has 152 valence electrons. The second-order valence-corrected chi connectivity index (χ2v) is 7.74. The molecule has 0 saturated heterocycles. The van der Waals surface area contributed by atoms with E-state index < -0.39 is 5.54 Å². The van der Waals surface area contributed by atoms with Crippen molar-refractivity contribution in [3.63, 3.8) is 0 Å². The third-order valence-corrected chi connectivity index (χ3v) is 5.58. The van der Waals surface area contributed by atoms with E-state index in [2.05, 4.69) is 41.7 Å². The molecular weight excluding hydrogens is 374 g/mol. The van der Waals surface area contributed by atoms with Crippen molar-refractivity contribution in [2.45, 2.75) is 32.2 Å². The molecule has 0 atom stereocenters. The van der Waals surface area contributed by atoms with Gasteiger partial charge in [0.1, 0.15) is 5.54 Å². The lowest BCUT2D eigenvalue weighted by atomic mass is 9.91. The molecule has 30 heavy (non-hydrogen) atoms. The zero-order valence-corrected chi connectivity index (χ0v) is 17.3. The van der Waals surface area contributed by atoms with Crippen molar-refractivity contribution in [3.05, 3.63) is 83.9 Å². The summed E-state index contributed by atoms with van der Waals surface area (Å²) in [7, 11) is 0. The van der Waals surface area contributed by atoms with Crippen LogP contribution in [-0.4, -0.2) is 24.0 Å². The number of carbonyl (C=O) groups excluding carboxylic acids is 2. The molecule has 1 aliphatic rings. The van der Waals surface area contributed by atoms with Gasteiger partial charge in [-0.3, -0.25) is 4.79 Å². The number of hydrogen-bond donors (Lipinski definition) is 1. The van der Waals surface area contributed by atoms with Crippen molar-refractivity contribution >= 4 is 11.9 Å². The number of fused-ring (bicyclic) bond motifs is 1. The average molecular weight is 399 g/mol. The minimum Gasteiger partial charge on any atom is -0.464 e. The normalized spacial score (nSPS) is 14.1. The van der Waals surface area contributed by atoms with Crippen LogP contribution in [0.2, 0.25) is 0 Å². The zero-order valence-electron chi connectivity index (χ0n) is 17.3. The van der Waals surface area contributed by atoms with E-state index in [1.807, 2.05) is 36.4 Å². The monoisotopic (exact) mass is 399 g/mol. The van der Waals surface area contributed by atoms with Gasteiger partial charge in [-0.05, 0) is 40.3 Å². The van der Waals surface area contributed by atoms with Crippen LogP contribution >= 0.6 is 0 Å². The maximum atomic E-state index is 12.8. The summed E-state index contributed by atoms with van der Waals surface area (Å²) in [5.41, 5.74) is 5.55. The number of hydrogen-bond acceptors (Lipinski definition) is 3. The topological polar surface area (TPSA) is 55.4 Å². The number of ether oxygens (including phenoxy) is 1. The van der Waals surface area contributed by atoms with E-state index in [0.29, 0.717) is 12.8 Å². The van der Waals surface area contributed by atoms with Crippen LogP contribution in [0.5, 0.6) is 0 Å². The van der Waals surface area contributed by atoms with Gasteiger partial charge in [-0.2, -0.15) is 0 Å². The predicted octanol–water partition coefficient (Wildman–Crippen LogP) is 4.56. The Balaban J connectivity index is 1.85. The highest BCUT2D eigenvalue weighted by atomic mass is 16.5. The zero-order chi connectivity index (χ0) is 21.1. The molecule has 0 unspecified atom stereocenters. The second kappa shape index (κ2) is 8.15. The Morgan fingerprint density at radius 1 is 0.867 bits per heavy atom. The Hall–Kier alpha value is -3.40. The van der Waals surface area contributed by atoms with Gasteiger partial charge in [0.05, 0.1) is 6.61 Å². The first-order chi connectivity index (χ1) is 14.5. The fourth-order valence-electron chi connectivity index (χ4n) is 4.33. The van der Waals surface area contributed by atoms with Crippen molar-refractivity contribution in [2.75, 3.05) is 6.61 Å². The molecule has 0 radical (unpaired) electrons. The van der Waals surface area contributed by atoms with Gasteiger partial charge in [-0.15, -0.1) is 0 Å². The van der Waals surface area contributed by atoms with Gasteiger partial charge in [0, 0.05) is 19.8 Å². The van der Waals surface area contributed by atoms with E-state index in [4.69, 9.17) is 4.74 Å². The van der Waals surface area contributed by atoms with Crippen LogP contribution in [-0.2, 0) is 27.2 Å². The van der Waals surface area contributed by atoms with Gasteiger partial charge in [0.2, 0.25) is 5.91 Å². The molecule has 0 heterocycles. The molecule has 3 aromatic rings. The molecule has 4 heteroatoms. The summed E-state index contributed by atoms with van der Waals surface area (Å²) >= 11 is 0. The molecule has 4 nitrogen and oxygen atoms in total. The summed E-state index contributed by atoms with van der Waals surface area (Å²) in [5.74, 6) is -0.610. The highest BCUT2D eigenvalue weighted by molar-refractivity contribution is 5.91. The average Bonchev–Trinajstić information content (AvgIpc) is 3.12. The van der Waals surface area contributed by atoms with E-state index in [1.54, 1.807) is 6.92 Å². The molecule has 0 aliphatic heterocycles. The van der Waals surface area contributed by atoms with Crippen molar-refractivity contribution in [2.24, 2.45) is 0 Å². The predicted molar refractivity (Wildman–Crippen MR) is 118 cm³/mol. The summed E-state index contributed by atoms with van der Waals surface area (Å²) in [5, 5.41) is 2.89. The van der Waals surface area contributed by atoms with Gasteiger partial charge in [0.25, 0.3) is 0 Å². The van der Waals surface area contributed by atoms with Crippen LogP contribution in [0.4, 0.5) is 0 Å². The summed E-state index contributed by atoms with van der Waals surface area (Å²) < 4.78 is 5.34. The first kappa shape index (κ1) is 19.9. The Morgan fingerprint density at radius 2 is 1.33 bits per heavy atom. The lowest BCUT2D eigenvalue weighted by Gasteiger charge is -2.27. The summed E-state index contributed by atoms with van der Waals surface area (Å²) in [6.45, 7) is 3.50. The van der Waals surface area contributed by atoms with E-state index in [9.17, 15) is 9.59 Å². The SMILES string of the molecule is CCOC(=O)C1(NC(C)=O)Cc2cc(-c3ccccc3)c(-c3ccccc3)cc2C1. The van der Waals surface area contributed by atoms with Gasteiger partial charge >= 0.3 is 5.97 Å². The summed E-state index contributed by atoms with van der Waals surface area (Å²) in [6.07, 6.45) is 0.852. The highest BCUT2D eigenvalue weighted by Gasteiger charge is 2.46. The third-order valence-electron chi connectivity index (χ3n) is 5.58. The smallest absolute Gasteiger partial charge is 0.332 e. The molecule has 3 aromatic carbocycles. The standard InChI is InChI=1S/C26H25NO3/c1-3-30-25(29)26(27-18(2)28)16-21-14-23(19-10-6-4-7-11-19)24(15-22(21)17-26)20-12-8-5-9-13-20/h4-15H,3,16-17H2,1-2H3,(H,27,28). The molecule has 0 spiro atoms. The Bertz CT molecular complexity index is 1010. The van der Waals surface area contributed by atoms with Crippen LogP contribution in [0.25, 0.3) is 22.3 Å². The van der Waals surface area contributed by atoms with Crippen LogP contribution in [0.1, 0.15) is 25.0 Å². The van der Waals surface area contributed by atoms with Gasteiger partial charge < -0.3 is 10.1 Å². The first-order valence-corrected chi connectivity index (χ1v) is 10.2. The molecular formula is C26H25NO3. The maximum Gasteiger partial charge on any atom is 0.332 e. The van der Waals surface area contributed by atoms with Crippen molar-refractivity contribution in [3.8, 4) is 22.3 Å². The fourth-order valence-corrected chi connectivity index (χ4v) is 4.33. The number of rotatable bonds is 5. The molecule has 1 amide bonds. The Kier molecular flexibility index (Phi) is 5.40. The summed E-state index contributed by atoms with van der Waals surface area (Å²) in [6, 6.07) is 24.8. The van der Waals surface area contributed by atoms with Crippen molar-refractivity contribution < 1.29 is 14.3 Å². The molecule has 1 N–H and O–H groups in total. The number of nitrogens with one attached hydrogen (secondary N) is 1. The number of esters is 1. The number of benzene rings is 3. The van der Waals surface area contributed by atoms with Crippen molar-refractivity contribution in [1.29, 1.82) is 0 Å². The molecule has 1 aliphatic carbocycles. The van der Waals surface area contributed by atoms with Gasteiger partial charge in [-0.1, -0.05) is 72.8 Å². The largest absolute Gasteiger partial charge is 0.464 e. The Morgan fingerprint density at radius 3 is 1.73 bits per heavy atom.